The van der Waals surface area contributed by atoms with Crippen LogP contribution in [0, 0.1) is 0 Å². The van der Waals surface area contributed by atoms with Crippen molar-refractivity contribution in [3.63, 3.8) is 0 Å². The first-order valence-corrected chi connectivity index (χ1v) is 6.94. The van der Waals surface area contributed by atoms with Gasteiger partial charge >= 0.3 is 23.9 Å². The van der Waals surface area contributed by atoms with Gasteiger partial charge in [-0.2, -0.15) is 0 Å². The lowest BCUT2D eigenvalue weighted by atomic mass is 10.4. The fraction of sp³-hybridized carbons (Fsp3) is 0.714. The van der Waals surface area contributed by atoms with Gasteiger partial charge in [0.25, 0.3) is 0 Å². The standard InChI is InChI=1S/C9H14O6.C5H10O4/c1-6(10)13-4-9(15-8(3)12)5-14-7(2)11;1-4(7)9-3-5(8)2-6/h9H,4-5H2,1-3H3;5-6,8H,2-3H2,1H3. The first kappa shape index (κ1) is 24.1. The number of aliphatic hydroxyl groups excluding tert-OH is 2. The third-order valence-corrected chi connectivity index (χ3v) is 1.97. The van der Waals surface area contributed by atoms with Gasteiger partial charge in [-0.3, -0.25) is 19.2 Å². The Morgan fingerprint density at radius 2 is 1.12 bits per heavy atom. The summed E-state index contributed by atoms with van der Waals surface area (Å²) in [6, 6.07) is 0. The van der Waals surface area contributed by atoms with Crippen molar-refractivity contribution < 1.29 is 48.3 Å². The highest BCUT2D eigenvalue weighted by Gasteiger charge is 2.15. The van der Waals surface area contributed by atoms with E-state index in [2.05, 4.69) is 14.2 Å². The van der Waals surface area contributed by atoms with Crippen molar-refractivity contribution in [2.75, 3.05) is 26.4 Å². The molecule has 0 spiro atoms. The first-order valence-electron chi connectivity index (χ1n) is 6.94. The van der Waals surface area contributed by atoms with E-state index in [1.165, 1.54) is 27.7 Å². The molecular weight excluding hydrogens is 328 g/mol. The van der Waals surface area contributed by atoms with Crippen LogP contribution in [0.15, 0.2) is 0 Å². The van der Waals surface area contributed by atoms with Crippen molar-refractivity contribution >= 4 is 23.9 Å². The Balaban J connectivity index is 0. The lowest BCUT2D eigenvalue weighted by Gasteiger charge is -2.15. The van der Waals surface area contributed by atoms with E-state index in [9.17, 15) is 19.2 Å². The fourth-order valence-electron chi connectivity index (χ4n) is 1.04. The molecule has 0 aliphatic heterocycles. The van der Waals surface area contributed by atoms with E-state index in [1.807, 2.05) is 0 Å². The summed E-state index contributed by atoms with van der Waals surface area (Å²) >= 11 is 0. The van der Waals surface area contributed by atoms with Gasteiger partial charge in [-0.05, 0) is 0 Å². The van der Waals surface area contributed by atoms with Gasteiger partial charge in [0.05, 0.1) is 6.61 Å². The molecule has 0 rings (SSSR count). The molecule has 0 aliphatic carbocycles. The number of hydrogen-bond acceptors (Lipinski definition) is 10. The van der Waals surface area contributed by atoms with Crippen LogP contribution >= 0.6 is 0 Å². The monoisotopic (exact) mass is 352 g/mol. The average Bonchev–Trinajstić information content (AvgIpc) is 2.47. The summed E-state index contributed by atoms with van der Waals surface area (Å²) < 4.78 is 18.4. The van der Waals surface area contributed by atoms with Gasteiger partial charge < -0.3 is 29.2 Å². The molecule has 0 aromatic heterocycles. The van der Waals surface area contributed by atoms with Crippen LogP contribution in [0.2, 0.25) is 0 Å². The Labute approximate surface area is 139 Å². The molecule has 0 amide bonds. The van der Waals surface area contributed by atoms with Crippen molar-refractivity contribution in [3.8, 4) is 0 Å². The maximum absolute atomic E-state index is 10.6. The summed E-state index contributed by atoms with van der Waals surface area (Å²) in [6.07, 6.45) is -1.70. The molecule has 2 N–H and O–H groups in total. The van der Waals surface area contributed by atoms with E-state index in [0.717, 1.165) is 0 Å². The SMILES string of the molecule is CC(=O)OCC(COC(C)=O)OC(C)=O.CC(=O)OCC(O)CO. The zero-order valence-electron chi connectivity index (χ0n) is 14.1. The minimum atomic E-state index is -0.950. The molecule has 10 heteroatoms. The van der Waals surface area contributed by atoms with Gasteiger partial charge in [-0.1, -0.05) is 0 Å². The smallest absolute Gasteiger partial charge is 0.303 e. The highest BCUT2D eigenvalue weighted by molar-refractivity contribution is 5.67. The van der Waals surface area contributed by atoms with Gasteiger partial charge in [0.15, 0.2) is 6.10 Å². The number of ether oxygens (including phenoxy) is 4. The minimum absolute atomic E-state index is 0.123. The van der Waals surface area contributed by atoms with Crippen LogP contribution in [-0.4, -0.2) is 72.7 Å². The van der Waals surface area contributed by atoms with E-state index in [0.29, 0.717) is 0 Å². The molecule has 1 atom stereocenters. The van der Waals surface area contributed by atoms with Crippen molar-refractivity contribution in [3.05, 3.63) is 0 Å². The van der Waals surface area contributed by atoms with Gasteiger partial charge in [0.2, 0.25) is 0 Å². The van der Waals surface area contributed by atoms with Crippen LogP contribution in [0.1, 0.15) is 27.7 Å². The molecule has 0 bridgehead atoms. The Morgan fingerprint density at radius 3 is 1.42 bits per heavy atom. The quantitative estimate of drug-likeness (QED) is 0.409. The molecule has 140 valence electrons. The van der Waals surface area contributed by atoms with E-state index >= 15 is 0 Å². The summed E-state index contributed by atoms with van der Waals surface area (Å²) in [4.78, 5) is 41.7. The number of rotatable bonds is 8. The first-order chi connectivity index (χ1) is 11.1. The Morgan fingerprint density at radius 1 is 0.750 bits per heavy atom. The maximum Gasteiger partial charge on any atom is 0.303 e. The maximum atomic E-state index is 10.6. The average molecular weight is 352 g/mol. The lowest BCUT2D eigenvalue weighted by Crippen LogP contribution is -2.29. The van der Waals surface area contributed by atoms with Crippen molar-refractivity contribution in [2.24, 2.45) is 0 Å². The summed E-state index contributed by atoms with van der Waals surface area (Å²) in [5.74, 6) is -1.97. The molecule has 0 saturated heterocycles. The highest BCUT2D eigenvalue weighted by atomic mass is 16.6. The van der Waals surface area contributed by atoms with Crippen LogP contribution in [0.3, 0.4) is 0 Å². The molecule has 0 fully saturated rings. The molecule has 0 saturated carbocycles. The van der Waals surface area contributed by atoms with E-state index in [-0.39, 0.29) is 26.4 Å². The molecule has 10 nitrogen and oxygen atoms in total. The molecule has 0 heterocycles. The van der Waals surface area contributed by atoms with Crippen molar-refractivity contribution in [1.29, 1.82) is 0 Å². The molecule has 0 aromatic rings. The fourth-order valence-corrected chi connectivity index (χ4v) is 1.04. The van der Waals surface area contributed by atoms with Crippen LogP contribution in [-0.2, 0) is 38.1 Å². The number of hydrogen-bond donors (Lipinski definition) is 2. The van der Waals surface area contributed by atoms with Crippen molar-refractivity contribution in [1.82, 2.24) is 0 Å². The highest BCUT2D eigenvalue weighted by Crippen LogP contribution is 1.97. The number of carbonyl (C=O) groups is 4. The molecule has 0 radical (unpaired) electrons. The Hall–Kier alpha value is -2.20. The Bertz CT molecular complexity index is 388. The number of aliphatic hydroxyl groups is 2. The van der Waals surface area contributed by atoms with Gasteiger partial charge in [0.1, 0.15) is 25.9 Å². The van der Waals surface area contributed by atoms with Crippen LogP contribution in [0.4, 0.5) is 0 Å². The van der Waals surface area contributed by atoms with Crippen LogP contribution in [0.25, 0.3) is 0 Å². The number of esters is 4. The van der Waals surface area contributed by atoms with Gasteiger partial charge in [0, 0.05) is 27.7 Å². The predicted molar refractivity (Wildman–Crippen MR) is 78.5 cm³/mol. The predicted octanol–water partition coefficient (Wildman–Crippen LogP) is -1.05. The van der Waals surface area contributed by atoms with E-state index in [1.54, 1.807) is 0 Å². The minimum Gasteiger partial charge on any atom is -0.463 e. The zero-order chi connectivity index (χ0) is 19.1. The largest absolute Gasteiger partial charge is 0.463 e. The Kier molecular flexibility index (Phi) is 14.4. The molecule has 0 aromatic carbocycles. The third-order valence-electron chi connectivity index (χ3n) is 1.97. The molecule has 24 heavy (non-hydrogen) atoms. The molecular formula is C14H24O10. The summed E-state index contributed by atoms with van der Waals surface area (Å²) in [5, 5.41) is 16.8. The lowest BCUT2D eigenvalue weighted by molar-refractivity contribution is -0.163. The second-order valence-electron chi connectivity index (χ2n) is 4.48. The van der Waals surface area contributed by atoms with E-state index in [4.69, 9.17) is 14.9 Å². The van der Waals surface area contributed by atoms with E-state index < -0.39 is 36.1 Å². The number of carbonyl (C=O) groups excluding carboxylic acids is 4. The molecule has 0 aliphatic rings. The zero-order valence-corrected chi connectivity index (χ0v) is 14.1. The normalized spacial score (nSPS) is 10.8. The summed E-state index contributed by atoms with van der Waals surface area (Å²) in [5.41, 5.74) is 0. The summed E-state index contributed by atoms with van der Waals surface area (Å²) in [7, 11) is 0. The van der Waals surface area contributed by atoms with Gasteiger partial charge in [-0.25, -0.2) is 0 Å². The third kappa shape index (κ3) is 19.8. The topological polar surface area (TPSA) is 146 Å². The van der Waals surface area contributed by atoms with Gasteiger partial charge in [-0.15, -0.1) is 0 Å². The second-order valence-corrected chi connectivity index (χ2v) is 4.48. The van der Waals surface area contributed by atoms with Crippen LogP contribution in [0.5, 0.6) is 0 Å². The van der Waals surface area contributed by atoms with Crippen LogP contribution < -0.4 is 0 Å². The summed E-state index contributed by atoms with van der Waals surface area (Å²) in [6.45, 7) is 4.16. The molecule has 1 unspecified atom stereocenters. The second kappa shape index (κ2) is 14.4. The van der Waals surface area contributed by atoms with Crippen molar-refractivity contribution in [2.45, 2.75) is 39.9 Å².